The Labute approximate surface area is 148 Å². The van der Waals surface area contributed by atoms with Crippen molar-refractivity contribution in [3.8, 4) is 17.2 Å². The van der Waals surface area contributed by atoms with Gasteiger partial charge < -0.3 is 24.8 Å². The molecule has 2 N–H and O–H groups in total. The molecule has 6 heteroatoms. The van der Waals surface area contributed by atoms with Gasteiger partial charge in [-0.1, -0.05) is 18.2 Å². The normalized spacial score (nSPS) is 10.3. The Morgan fingerprint density at radius 3 is 2.40 bits per heavy atom. The summed E-state index contributed by atoms with van der Waals surface area (Å²) in [5.41, 5.74) is 1.53. The summed E-state index contributed by atoms with van der Waals surface area (Å²) < 4.78 is 16.2. The number of benzene rings is 2. The fraction of sp³-hybridized carbons (Fsp3) is 0.316. The van der Waals surface area contributed by atoms with Gasteiger partial charge in [0.25, 0.3) is 0 Å². The lowest BCUT2D eigenvalue weighted by Gasteiger charge is -2.15. The van der Waals surface area contributed by atoms with E-state index in [2.05, 4.69) is 10.6 Å². The summed E-state index contributed by atoms with van der Waals surface area (Å²) in [5.74, 6) is 1.91. The van der Waals surface area contributed by atoms with E-state index in [1.54, 1.807) is 26.4 Å². The lowest BCUT2D eigenvalue weighted by atomic mass is 10.2. The average Bonchev–Trinajstić information content (AvgIpc) is 2.61. The fourth-order valence-corrected chi connectivity index (χ4v) is 2.27. The largest absolute Gasteiger partial charge is 0.493 e. The van der Waals surface area contributed by atoms with Gasteiger partial charge in [0.1, 0.15) is 5.75 Å². The smallest absolute Gasteiger partial charge is 0.319 e. The molecule has 25 heavy (non-hydrogen) atoms. The molecule has 0 heterocycles. The third-order valence-corrected chi connectivity index (χ3v) is 3.40. The molecule has 0 unspecified atom stereocenters. The molecule has 0 spiro atoms. The summed E-state index contributed by atoms with van der Waals surface area (Å²) in [6, 6.07) is 12.5. The van der Waals surface area contributed by atoms with Gasteiger partial charge in [-0.3, -0.25) is 0 Å². The molecule has 0 aliphatic carbocycles. The zero-order chi connectivity index (χ0) is 18.2. The number of hydrogen-bond donors (Lipinski definition) is 2. The maximum absolute atomic E-state index is 12.2. The standard InChI is InChI=1S/C19H24N2O4/c1-13(2)25-16-8-6-5-7-15(16)21-19(22)20-12-14-9-10-17(23-3)18(11-14)24-4/h5-11,13H,12H2,1-4H3,(H2,20,21,22). The molecule has 134 valence electrons. The van der Waals surface area contributed by atoms with Gasteiger partial charge in [0.15, 0.2) is 11.5 Å². The molecule has 6 nitrogen and oxygen atoms in total. The Kier molecular flexibility index (Phi) is 6.51. The van der Waals surface area contributed by atoms with Crippen molar-refractivity contribution in [3.63, 3.8) is 0 Å². The minimum absolute atomic E-state index is 0.0257. The van der Waals surface area contributed by atoms with Gasteiger partial charge in [0.2, 0.25) is 0 Å². The van der Waals surface area contributed by atoms with E-state index < -0.39 is 0 Å². The van der Waals surface area contributed by atoms with Crippen molar-refractivity contribution in [1.29, 1.82) is 0 Å². The number of urea groups is 1. The van der Waals surface area contributed by atoms with Crippen LogP contribution in [0.2, 0.25) is 0 Å². The average molecular weight is 344 g/mol. The minimum atomic E-state index is -0.311. The number of nitrogens with one attached hydrogen (secondary N) is 2. The zero-order valence-corrected chi connectivity index (χ0v) is 15.0. The summed E-state index contributed by atoms with van der Waals surface area (Å²) in [6.07, 6.45) is 0.0257. The van der Waals surface area contributed by atoms with Crippen LogP contribution in [0, 0.1) is 0 Å². The van der Waals surface area contributed by atoms with Crippen LogP contribution in [0.1, 0.15) is 19.4 Å². The van der Waals surface area contributed by atoms with Gasteiger partial charge in [-0.15, -0.1) is 0 Å². The molecular weight excluding hydrogens is 320 g/mol. The fourth-order valence-electron chi connectivity index (χ4n) is 2.27. The quantitative estimate of drug-likeness (QED) is 0.801. The highest BCUT2D eigenvalue weighted by Crippen LogP contribution is 2.27. The van der Waals surface area contributed by atoms with E-state index in [1.165, 1.54) is 0 Å². The highest BCUT2D eigenvalue weighted by Gasteiger charge is 2.09. The first-order valence-electron chi connectivity index (χ1n) is 8.05. The number of amides is 2. The van der Waals surface area contributed by atoms with Crippen molar-refractivity contribution in [1.82, 2.24) is 5.32 Å². The van der Waals surface area contributed by atoms with E-state index in [0.29, 0.717) is 29.5 Å². The Morgan fingerprint density at radius 1 is 1.00 bits per heavy atom. The minimum Gasteiger partial charge on any atom is -0.493 e. The number of methoxy groups -OCH3 is 2. The predicted octanol–water partition coefficient (Wildman–Crippen LogP) is 3.81. The summed E-state index contributed by atoms with van der Waals surface area (Å²) in [5, 5.41) is 5.62. The van der Waals surface area contributed by atoms with Gasteiger partial charge in [-0.2, -0.15) is 0 Å². The molecule has 0 aliphatic rings. The summed E-state index contributed by atoms with van der Waals surface area (Å²) >= 11 is 0. The van der Waals surface area contributed by atoms with Crippen molar-refractivity contribution in [2.45, 2.75) is 26.5 Å². The molecule has 0 saturated carbocycles. The third-order valence-electron chi connectivity index (χ3n) is 3.40. The van der Waals surface area contributed by atoms with Crippen LogP contribution < -0.4 is 24.8 Å². The topological polar surface area (TPSA) is 68.8 Å². The molecule has 0 saturated heterocycles. The number of ether oxygens (including phenoxy) is 3. The zero-order valence-electron chi connectivity index (χ0n) is 15.0. The van der Waals surface area contributed by atoms with Crippen LogP contribution >= 0.6 is 0 Å². The number of carbonyl (C=O) groups excluding carboxylic acids is 1. The first-order chi connectivity index (χ1) is 12.0. The second kappa shape index (κ2) is 8.82. The van der Waals surface area contributed by atoms with Crippen molar-refractivity contribution >= 4 is 11.7 Å². The number of carbonyl (C=O) groups is 1. The predicted molar refractivity (Wildman–Crippen MR) is 97.6 cm³/mol. The van der Waals surface area contributed by atoms with Gasteiger partial charge >= 0.3 is 6.03 Å². The van der Waals surface area contributed by atoms with Crippen LogP contribution in [0.15, 0.2) is 42.5 Å². The SMILES string of the molecule is COc1ccc(CNC(=O)Nc2ccccc2OC(C)C)cc1OC. The molecule has 2 aromatic carbocycles. The number of para-hydroxylation sites is 2. The van der Waals surface area contributed by atoms with Crippen LogP contribution in [-0.4, -0.2) is 26.4 Å². The van der Waals surface area contributed by atoms with Crippen LogP contribution in [0.3, 0.4) is 0 Å². The summed E-state index contributed by atoms with van der Waals surface area (Å²) in [7, 11) is 3.16. The van der Waals surface area contributed by atoms with Gasteiger partial charge in [0, 0.05) is 6.54 Å². The molecule has 2 aromatic rings. The van der Waals surface area contributed by atoms with E-state index in [4.69, 9.17) is 14.2 Å². The number of anilines is 1. The molecule has 0 radical (unpaired) electrons. The van der Waals surface area contributed by atoms with Gasteiger partial charge in [-0.05, 0) is 43.7 Å². The van der Waals surface area contributed by atoms with E-state index in [9.17, 15) is 4.79 Å². The van der Waals surface area contributed by atoms with Crippen LogP contribution in [0.5, 0.6) is 17.2 Å². The molecule has 0 atom stereocenters. The molecule has 0 aliphatic heterocycles. The van der Waals surface area contributed by atoms with Crippen LogP contribution in [-0.2, 0) is 6.54 Å². The molecule has 0 aromatic heterocycles. The third kappa shape index (κ3) is 5.31. The summed E-state index contributed by atoms with van der Waals surface area (Å²) in [4.78, 5) is 12.2. The Balaban J connectivity index is 1.97. The summed E-state index contributed by atoms with van der Waals surface area (Å²) in [6.45, 7) is 4.24. The second-order valence-electron chi connectivity index (χ2n) is 5.66. The number of rotatable bonds is 7. The maximum Gasteiger partial charge on any atom is 0.319 e. The molecule has 2 amide bonds. The van der Waals surface area contributed by atoms with Crippen molar-refractivity contribution in [2.75, 3.05) is 19.5 Å². The maximum atomic E-state index is 12.2. The Bertz CT molecular complexity index is 716. The molecule has 0 fully saturated rings. The van der Waals surface area contributed by atoms with Crippen molar-refractivity contribution in [2.24, 2.45) is 0 Å². The van der Waals surface area contributed by atoms with E-state index in [1.807, 2.05) is 44.2 Å². The Hall–Kier alpha value is -2.89. The first-order valence-corrected chi connectivity index (χ1v) is 8.05. The van der Waals surface area contributed by atoms with E-state index in [-0.39, 0.29) is 12.1 Å². The molecule has 2 rings (SSSR count). The Morgan fingerprint density at radius 2 is 1.72 bits per heavy atom. The molecular formula is C19H24N2O4. The number of hydrogen-bond acceptors (Lipinski definition) is 4. The van der Waals surface area contributed by atoms with Crippen molar-refractivity contribution in [3.05, 3.63) is 48.0 Å². The van der Waals surface area contributed by atoms with Gasteiger partial charge in [-0.25, -0.2) is 4.79 Å². The second-order valence-corrected chi connectivity index (χ2v) is 5.66. The van der Waals surface area contributed by atoms with Crippen molar-refractivity contribution < 1.29 is 19.0 Å². The lowest BCUT2D eigenvalue weighted by Crippen LogP contribution is -2.28. The highest BCUT2D eigenvalue weighted by molar-refractivity contribution is 5.90. The van der Waals surface area contributed by atoms with Gasteiger partial charge in [0.05, 0.1) is 26.0 Å². The molecule has 0 bridgehead atoms. The van der Waals surface area contributed by atoms with E-state index in [0.717, 1.165) is 5.56 Å². The first kappa shape index (κ1) is 18.4. The van der Waals surface area contributed by atoms with Crippen LogP contribution in [0.4, 0.5) is 10.5 Å². The monoisotopic (exact) mass is 344 g/mol. The highest BCUT2D eigenvalue weighted by atomic mass is 16.5. The lowest BCUT2D eigenvalue weighted by molar-refractivity contribution is 0.241. The van der Waals surface area contributed by atoms with E-state index >= 15 is 0 Å². The van der Waals surface area contributed by atoms with Crippen LogP contribution in [0.25, 0.3) is 0 Å².